The Morgan fingerprint density at radius 1 is 1.53 bits per heavy atom. The second-order valence-electron chi connectivity index (χ2n) is 4.11. The van der Waals surface area contributed by atoms with Crippen LogP contribution in [-0.4, -0.2) is 12.5 Å². The molecular formula is C12H14BrNO. The zero-order chi connectivity index (χ0) is 10.8. The summed E-state index contributed by atoms with van der Waals surface area (Å²) >= 11 is 3.38. The molecule has 0 radical (unpaired) electrons. The van der Waals surface area contributed by atoms with E-state index in [0.29, 0.717) is 0 Å². The van der Waals surface area contributed by atoms with Crippen LogP contribution in [0.15, 0.2) is 22.7 Å². The molecule has 2 rings (SSSR count). The van der Waals surface area contributed by atoms with Crippen LogP contribution in [0.1, 0.15) is 28.8 Å². The van der Waals surface area contributed by atoms with Crippen molar-refractivity contribution >= 4 is 21.8 Å². The average molecular weight is 268 g/mol. The second-order valence-corrected chi connectivity index (χ2v) is 5.03. The van der Waals surface area contributed by atoms with Crippen molar-refractivity contribution < 1.29 is 4.79 Å². The Labute approximate surface area is 98.2 Å². The van der Waals surface area contributed by atoms with Crippen molar-refractivity contribution in [1.29, 1.82) is 0 Å². The highest BCUT2D eigenvalue weighted by molar-refractivity contribution is 9.10. The van der Waals surface area contributed by atoms with Crippen LogP contribution in [-0.2, 0) is 0 Å². The van der Waals surface area contributed by atoms with Gasteiger partial charge in [-0.25, -0.2) is 0 Å². The van der Waals surface area contributed by atoms with Gasteiger partial charge in [0.05, 0.1) is 0 Å². The molecule has 1 aliphatic rings. The van der Waals surface area contributed by atoms with Gasteiger partial charge in [-0.2, -0.15) is 0 Å². The summed E-state index contributed by atoms with van der Waals surface area (Å²) in [5, 5.41) is 2.97. The van der Waals surface area contributed by atoms with Crippen molar-refractivity contribution in [3.05, 3.63) is 33.8 Å². The highest BCUT2D eigenvalue weighted by Gasteiger charge is 2.22. The normalized spacial score (nSPS) is 15.1. The first kappa shape index (κ1) is 10.7. The topological polar surface area (TPSA) is 29.1 Å². The van der Waals surface area contributed by atoms with E-state index < -0.39 is 0 Å². The van der Waals surface area contributed by atoms with Gasteiger partial charge in [0.25, 0.3) is 5.91 Å². The number of carbonyl (C=O) groups excluding carboxylic acids is 1. The maximum atomic E-state index is 11.8. The van der Waals surface area contributed by atoms with Gasteiger partial charge in [0.2, 0.25) is 0 Å². The van der Waals surface area contributed by atoms with E-state index in [-0.39, 0.29) is 5.91 Å². The molecule has 0 bridgehead atoms. The maximum absolute atomic E-state index is 11.8. The fourth-order valence-electron chi connectivity index (χ4n) is 1.49. The third kappa shape index (κ3) is 2.81. The van der Waals surface area contributed by atoms with Gasteiger partial charge < -0.3 is 5.32 Å². The van der Waals surface area contributed by atoms with E-state index in [2.05, 4.69) is 21.2 Å². The molecule has 1 aliphatic carbocycles. The summed E-state index contributed by atoms with van der Waals surface area (Å²) in [6, 6.07) is 5.78. The minimum absolute atomic E-state index is 0.0423. The molecule has 0 heterocycles. The van der Waals surface area contributed by atoms with Crippen LogP contribution in [0.2, 0.25) is 0 Å². The summed E-state index contributed by atoms with van der Waals surface area (Å²) in [5.41, 5.74) is 1.79. The number of carbonyl (C=O) groups is 1. The molecule has 2 nitrogen and oxygen atoms in total. The smallest absolute Gasteiger partial charge is 0.251 e. The standard InChI is InChI=1S/C12H14BrNO/c1-8-2-5-10(13)6-11(8)12(15)14-7-9-3-4-9/h2,5-6,9H,3-4,7H2,1H3,(H,14,15). The lowest BCUT2D eigenvalue weighted by atomic mass is 10.1. The molecule has 0 spiro atoms. The molecule has 0 unspecified atom stereocenters. The van der Waals surface area contributed by atoms with Crippen molar-refractivity contribution in [3.8, 4) is 0 Å². The SMILES string of the molecule is Cc1ccc(Br)cc1C(=O)NCC1CC1. The molecule has 1 aromatic carbocycles. The Hall–Kier alpha value is -0.830. The minimum Gasteiger partial charge on any atom is -0.352 e. The van der Waals surface area contributed by atoms with Crippen LogP contribution in [0, 0.1) is 12.8 Å². The monoisotopic (exact) mass is 267 g/mol. The van der Waals surface area contributed by atoms with Gasteiger partial charge in [-0.3, -0.25) is 4.79 Å². The van der Waals surface area contributed by atoms with Crippen LogP contribution in [0.4, 0.5) is 0 Å². The molecule has 1 saturated carbocycles. The van der Waals surface area contributed by atoms with Gasteiger partial charge in [-0.15, -0.1) is 0 Å². The van der Waals surface area contributed by atoms with Crippen LogP contribution in [0.25, 0.3) is 0 Å². The molecule has 1 N–H and O–H groups in total. The van der Waals surface area contributed by atoms with Gasteiger partial charge in [0.15, 0.2) is 0 Å². The minimum atomic E-state index is 0.0423. The van der Waals surface area contributed by atoms with Gasteiger partial charge in [-0.05, 0) is 43.4 Å². The molecule has 80 valence electrons. The van der Waals surface area contributed by atoms with E-state index >= 15 is 0 Å². The largest absolute Gasteiger partial charge is 0.352 e. The number of hydrogen-bond acceptors (Lipinski definition) is 1. The van der Waals surface area contributed by atoms with Crippen molar-refractivity contribution in [2.45, 2.75) is 19.8 Å². The molecule has 0 aromatic heterocycles. The summed E-state index contributed by atoms with van der Waals surface area (Å²) in [7, 11) is 0. The summed E-state index contributed by atoms with van der Waals surface area (Å²) in [5.74, 6) is 0.766. The van der Waals surface area contributed by atoms with Crippen LogP contribution in [0.5, 0.6) is 0 Å². The Kier molecular flexibility index (Phi) is 3.10. The zero-order valence-corrected chi connectivity index (χ0v) is 10.3. The van der Waals surface area contributed by atoms with Gasteiger partial charge >= 0.3 is 0 Å². The second kappa shape index (κ2) is 4.35. The molecule has 0 aliphatic heterocycles. The zero-order valence-electron chi connectivity index (χ0n) is 8.72. The first-order valence-corrected chi connectivity index (χ1v) is 6.00. The van der Waals surface area contributed by atoms with Crippen molar-refractivity contribution in [2.75, 3.05) is 6.54 Å². The first-order chi connectivity index (χ1) is 7.16. The summed E-state index contributed by atoms with van der Waals surface area (Å²) in [4.78, 5) is 11.8. The molecular weight excluding hydrogens is 254 g/mol. The van der Waals surface area contributed by atoms with Crippen LogP contribution >= 0.6 is 15.9 Å². The lowest BCUT2D eigenvalue weighted by molar-refractivity contribution is 0.0951. The number of rotatable bonds is 3. The Morgan fingerprint density at radius 3 is 2.93 bits per heavy atom. The summed E-state index contributed by atoms with van der Waals surface area (Å²) in [6.45, 7) is 2.78. The molecule has 3 heteroatoms. The number of amides is 1. The quantitative estimate of drug-likeness (QED) is 0.897. The molecule has 1 amide bonds. The summed E-state index contributed by atoms with van der Waals surface area (Å²) < 4.78 is 0.949. The molecule has 0 saturated heterocycles. The third-order valence-corrected chi connectivity index (χ3v) is 3.19. The lowest BCUT2D eigenvalue weighted by Gasteiger charge is -2.07. The molecule has 1 fully saturated rings. The van der Waals surface area contributed by atoms with Gasteiger partial charge in [0, 0.05) is 16.6 Å². The van der Waals surface area contributed by atoms with Crippen molar-refractivity contribution in [1.82, 2.24) is 5.32 Å². The number of benzene rings is 1. The third-order valence-electron chi connectivity index (χ3n) is 2.69. The van der Waals surface area contributed by atoms with E-state index in [9.17, 15) is 4.79 Å². The number of nitrogens with one attached hydrogen (secondary N) is 1. The van der Waals surface area contributed by atoms with Crippen LogP contribution in [0.3, 0.4) is 0 Å². The predicted molar refractivity (Wildman–Crippen MR) is 63.9 cm³/mol. The fraction of sp³-hybridized carbons (Fsp3) is 0.417. The number of hydrogen-bond donors (Lipinski definition) is 1. The highest BCUT2D eigenvalue weighted by atomic mass is 79.9. The Bertz CT molecular complexity index is 385. The van der Waals surface area contributed by atoms with E-state index in [1.165, 1.54) is 12.8 Å². The van der Waals surface area contributed by atoms with E-state index in [4.69, 9.17) is 0 Å². The molecule has 1 aromatic rings. The van der Waals surface area contributed by atoms with Crippen molar-refractivity contribution in [3.63, 3.8) is 0 Å². The first-order valence-electron chi connectivity index (χ1n) is 5.21. The maximum Gasteiger partial charge on any atom is 0.251 e. The number of halogens is 1. The average Bonchev–Trinajstić information content (AvgIpc) is 3.02. The van der Waals surface area contributed by atoms with Gasteiger partial charge in [0.1, 0.15) is 0 Å². The van der Waals surface area contributed by atoms with Gasteiger partial charge in [-0.1, -0.05) is 22.0 Å². The van der Waals surface area contributed by atoms with Crippen molar-refractivity contribution in [2.24, 2.45) is 5.92 Å². The number of aryl methyl sites for hydroxylation is 1. The van der Waals surface area contributed by atoms with Crippen LogP contribution < -0.4 is 5.32 Å². The highest BCUT2D eigenvalue weighted by Crippen LogP contribution is 2.27. The van der Waals surface area contributed by atoms with E-state index in [0.717, 1.165) is 28.1 Å². The Balaban J connectivity index is 2.05. The molecule has 0 atom stereocenters. The summed E-state index contributed by atoms with van der Waals surface area (Å²) in [6.07, 6.45) is 2.52. The predicted octanol–water partition coefficient (Wildman–Crippen LogP) is 2.90. The molecule has 15 heavy (non-hydrogen) atoms. The Morgan fingerprint density at radius 2 is 2.27 bits per heavy atom. The fourth-order valence-corrected chi connectivity index (χ4v) is 1.85. The lowest BCUT2D eigenvalue weighted by Crippen LogP contribution is -2.26. The van der Waals surface area contributed by atoms with E-state index in [1.807, 2.05) is 25.1 Å². The van der Waals surface area contributed by atoms with E-state index in [1.54, 1.807) is 0 Å².